The molecule has 0 amide bonds. The van der Waals surface area contributed by atoms with E-state index in [0.717, 1.165) is 164 Å². The summed E-state index contributed by atoms with van der Waals surface area (Å²) in [6, 6.07) is 120. The molecule has 13 heteroatoms. The highest BCUT2D eigenvalue weighted by Crippen LogP contribution is 2.41. The van der Waals surface area contributed by atoms with Crippen molar-refractivity contribution in [2.24, 2.45) is 0 Å². The molecular formula is C96H58BrCl3N8O. The molecule has 0 fully saturated rings. The number of fused-ring (bicyclic) bond motifs is 14. The molecule has 0 aliphatic heterocycles. The smallest absolute Gasteiger partial charge is 0.223 e. The summed E-state index contributed by atoms with van der Waals surface area (Å²) < 4.78 is 7.03. The Hall–Kier alpha value is -12.9. The molecule has 16 aromatic carbocycles. The van der Waals surface area contributed by atoms with Gasteiger partial charge in [-0.15, -0.1) is 0 Å². The lowest BCUT2D eigenvalue weighted by molar-refractivity contribution is 0.669. The van der Waals surface area contributed by atoms with E-state index in [-0.39, 0.29) is 15.9 Å². The van der Waals surface area contributed by atoms with E-state index < -0.39 is 0 Å². The highest BCUT2D eigenvalue weighted by atomic mass is 79.9. The van der Waals surface area contributed by atoms with Crippen LogP contribution in [-0.2, 0) is 0 Å². The molecule has 0 atom stereocenters. The molecule has 0 unspecified atom stereocenters. The molecule has 516 valence electrons. The number of nitrogens with zero attached hydrogens (tertiary/aromatic N) is 8. The minimum absolute atomic E-state index is 0.246. The molecule has 0 aliphatic rings. The number of aromatic nitrogens is 8. The van der Waals surface area contributed by atoms with E-state index in [1.54, 1.807) is 0 Å². The molecule has 5 heterocycles. The van der Waals surface area contributed by atoms with Crippen molar-refractivity contribution in [2.75, 3.05) is 0 Å². The summed E-state index contributed by atoms with van der Waals surface area (Å²) in [6.45, 7) is 0. The van der Waals surface area contributed by atoms with Gasteiger partial charge in [0.2, 0.25) is 15.9 Å². The van der Waals surface area contributed by atoms with Gasteiger partial charge < -0.3 is 4.42 Å². The zero-order valence-electron chi connectivity index (χ0n) is 58.0. The molecule has 109 heavy (non-hydrogen) atoms. The van der Waals surface area contributed by atoms with Crippen LogP contribution in [0.3, 0.4) is 0 Å². The van der Waals surface area contributed by atoms with Crippen LogP contribution in [0.1, 0.15) is 0 Å². The number of benzene rings is 16. The Balaban J connectivity index is 0.000000102. The zero-order valence-corrected chi connectivity index (χ0v) is 61.8. The number of furan rings is 1. The van der Waals surface area contributed by atoms with Crippen LogP contribution in [0, 0.1) is 0 Å². The Morgan fingerprint density at radius 1 is 0.229 bits per heavy atom. The first-order valence-electron chi connectivity index (χ1n) is 35.5. The molecule has 21 aromatic rings. The summed E-state index contributed by atoms with van der Waals surface area (Å²) in [5.41, 5.74) is 18.7. The van der Waals surface area contributed by atoms with Crippen molar-refractivity contribution in [2.45, 2.75) is 0 Å². The van der Waals surface area contributed by atoms with Gasteiger partial charge in [0.15, 0.2) is 5.82 Å². The van der Waals surface area contributed by atoms with E-state index in [2.05, 4.69) is 264 Å². The summed E-state index contributed by atoms with van der Waals surface area (Å²) >= 11 is 22.4. The third-order valence-electron chi connectivity index (χ3n) is 19.6. The minimum atomic E-state index is 0.246. The standard InChI is InChI=1S/C26H17BrN2.C24H13ClN2O.C24H15ClN2.C22H13ClN2/c27-22-16-14-19(15-17-22)18-10-12-21(13-11-18)26-28-24-9-5-4-8-23(24)25(29-26)20-6-2-1-3-7-20;25-24-26-22(18-11-9-14-5-1-2-6-16(14)23(18)27-24)15-10-12-21-19(13-15)17-7-3-4-8-20(17)28-21;25-24-26-22(19-11-6-10-18(15-19)16-7-2-1-3-8-16)21-14-13-17-9-4-5-12-20(17)23(21)27-24;23-22-24-19-13-12-15-7-2-4-10-17(15)20(19)21(25-22)18-11-5-8-14-6-1-3-9-16(14)18/h1-17H;1-13H;1-15H;1-13H. The van der Waals surface area contributed by atoms with Gasteiger partial charge in [0.05, 0.1) is 44.8 Å². The molecule has 0 saturated heterocycles. The van der Waals surface area contributed by atoms with Crippen molar-refractivity contribution in [1.29, 1.82) is 0 Å². The van der Waals surface area contributed by atoms with E-state index >= 15 is 0 Å². The fourth-order valence-electron chi connectivity index (χ4n) is 14.4. The van der Waals surface area contributed by atoms with Crippen molar-refractivity contribution in [1.82, 2.24) is 39.9 Å². The summed E-state index contributed by atoms with van der Waals surface area (Å²) in [7, 11) is 0. The predicted octanol–water partition coefficient (Wildman–Crippen LogP) is 27.4. The van der Waals surface area contributed by atoms with Gasteiger partial charge in [-0.05, 0) is 156 Å². The normalized spacial score (nSPS) is 11.3. The molecule has 5 aromatic heterocycles. The van der Waals surface area contributed by atoms with Gasteiger partial charge in [0, 0.05) is 75.4 Å². The van der Waals surface area contributed by atoms with Gasteiger partial charge in [0.25, 0.3) is 0 Å². The fourth-order valence-corrected chi connectivity index (χ4v) is 15.2. The van der Waals surface area contributed by atoms with E-state index in [0.29, 0.717) is 0 Å². The lowest BCUT2D eigenvalue weighted by Crippen LogP contribution is -1.95. The predicted molar refractivity (Wildman–Crippen MR) is 456 cm³/mol. The van der Waals surface area contributed by atoms with Gasteiger partial charge >= 0.3 is 0 Å². The summed E-state index contributed by atoms with van der Waals surface area (Å²) in [6.07, 6.45) is 0. The first-order chi connectivity index (χ1) is 53.7. The number of para-hydroxylation sites is 2. The maximum absolute atomic E-state index is 6.33. The van der Waals surface area contributed by atoms with Crippen LogP contribution < -0.4 is 0 Å². The topological polar surface area (TPSA) is 116 Å². The first kappa shape index (κ1) is 67.9. The third-order valence-corrected chi connectivity index (χ3v) is 20.6. The van der Waals surface area contributed by atoms with E-state index in [4.69, 9.17) is 49.2 Å². The number of hydrogen-bond acceptors (Lipinski definition) is 9. The molecular weight excluding hydrogens is 1470 g/mol. The largest absolute Gasteiger partial charge is 0.456 e. The first-order valence-corrected chi connectivity index (χ1v) is 37.4. The van der Waals surface area contributed by atoms with Gasteiger partial charge in [-0.3, -0.25) is 0 Å². The van der Waals surface area contributed by atoms with Gasteiger partial charge in [0.1, 0.15) is 11.2 Å². The van der Waals surface area contributed by atoms with Crippen LogP contribution in [0.5, 0.6) is 0 Å². The molecule has 21 rings (SSSR count). The van der Waals surface area contributed by atoms with Gasteiger partial charge in [-0.2, -0.15) is 0 Å². The van der Waals surface area contributed by atoms with Crippen molar-refractivity contribution in [3.8, 4) is 78.7 Å². The molecule has 0 radical (unpaired) electrons. The van der Waals surface area contributed by atoms with E-state index in [1.807, 2.05) is 133 Å². The summed E-state index contributed by atoms with van der Waals surface area (Å²) in [4.78, 5) is 37.0. The monoisotopic (exact) mass is 1520 g/mol. The van der Waals surface area contributed by atoms with Crippen LogP contribution in [-0.4, -0.2) is 39.9 Å². The molecule has 0 N–H and O–H groups in total. The van der Waals surface area contributed by atoms with Crippen molar-refractivity contribution in [3.05, 3.63) is 372 Å². The maximum atomic E-state index is 6.33. The minimum Gasteiger partial charge on any atom is -0.456 e. The number of rotatable bonds is 7. The van der Waals surface area contributed by atoms with Crippen LogP contribution >= 0.6 is 50.7 Å². The Morgan fingerprint density at radius 3 is 1.32 bits per heavy atom. The van der Waals surface area contributed by atoms with Gasteiger partial charge in [-0.1, -0.05) is 301 Å². The Morgan fingerprint density at radius 2 is 0.661 bits per heavy atom. The summed E-state index contributed by atoms with van der Waals surface area (Å²) in [5, 5.41) is 16.1. The molecule has 9 nitrogen and oxygen atoms in total. The number of halogens is 4. The molecule has 0 bridgehead atoms. The lowest BCUT2D eigenvalue weighted by Gasteiger charge is -2.11. The second kappa shape index (κ2) is 29.8. The fraction of sp³-hybridized carbons (Fsp3) is 0. The molecule has 0 aliphatic carbocycles. The third kappa shape index (κ3) is 13.7. The average molecular weight is 1530 g/mol. The average Bonchev–Trinajstić information content (AvgIpc) is 1.78. The molecule has 0 saturated carbocycles. The van der Waals surface area contributed by atoms with E-state index in [9.17, 15) is 0 Å². The van der Waals surface area contributed by atoms with Crippen molar-refractivity contribution in [3.63, 3.8) is 0 Å². The van der Waals surface area contributed by atoms with E-state index in [1.165, 1.54) is 27.5 Å². The Bertz CT molecular complexity index is 7040. The van der Waals surface area contributed by atoms with Crippen molar-refractivity contribution < 1.29 is 4.42 Å². The van der Waals surface area contributed by atoms with Crippen molar-refractivity contribution >= 4 is 159 Å². The molecule has 0 spiro atoms. The van der Waals surface area contributed by atoms with Gasteiger partial charge in [-0.25, -0.2) is 39.9 Å². The second-order valence-electron chi connectivity index (χ2n) is 26.2. The van der Waals surface area contributed by atoms with Crippen LogP contribution in [0.25, 0.3) is 187 Å². The highest BCUT2D eigenvalue weighted by molar-refractivity contribution is 9.10. The summed E-state index contributed by atoms with van der Waals surface area (Å²) in [5.74, 6) is 0.741. The Labute approximate surface area is 649 Å². The quantitative estimate of drug-likeness (QED) is 0.114. The zero-order chi connectivity index (χ0) is 73.3. The van der Waals surface area contributed by atoms with Crippen LogP contribution in [0.4, 0.5) is 0 Å². The SMILES string of the molecule is Brc1ccc(-c2ccc(-c3nc(-c4ccccc4)c4ccccc4n3)cc2)cc1.Clc1nc(-c2ccc3oc4ccccc4c3c2)c2ccc3ccccc3c2n1.Clc1nc(-c2cccc(-c3ccccc3)c2)c2ccc3ccccc3c2n1.Clc1nc(-c2cccc3ccccc23)c2c(ccc3ccccc32)n1. The van der Waals surface area contributed by atoms with Crippen LogP contribution in [0.15, 0.2) is 361 Å². The van der Waals surface area contributed by atoms with Crippen LogP contribution in [0.2, 0.25) is 15.9 Å². The lowest BCUT2D eigenvalue weighted by atomic mass is 9.96. The maximum Gasteiger partial charge on any atom is 0.223 e. The highest BCUT2D eigenvalue weighted by Gasteiger charge is 2.19. The second-order valence-corrected chi connectivity index (χ2v) is 28.1. The Kier molecular flexibility index (Phi) is 18.6. The number of hydrogen-bond donors (Lipinski definition) is 0.